The van der Waals surface area contributed by atoms with E-state index in [-0.39, 0.29) is 12.1 Å². The van der Waals surface area contributed by atoms with E-state index in [1.165, 1.54) is 11.1 Å². The van der Waals surface area contributed by atoms with Crippen LogP contribution in [0.25, 0.3) is 0 Å². The van der Waals surface area contributed by atoms with E-state index in [0.29, 0.717) is 13.2 Å². The number of ether oxygens (including phenoxy) is 3. The molecule has 3 heterocycles. The molecule has 3 aliphatic heterocycles. The van der Waals surface area contributed by atoms with Gasteiger partial charge < -0.3 is 24.4 Å². The molecule has 1 N–H and O–H groups in total. The lowest BCUT2D eigenvalue weighted by molar-refractivity contribution is 0.133. The van der Waals surface area contributed by atoms with Crippen molar-refractivity contribution in [2.75, 3.05) is 46.0 Å². The Bertz CT molecular complexity index is 972. The molecule has 3 aliphatic rings. The molecule has 1 atom stereocenters. The van der Waals surface area contributed by atoms with Gasteiger partial charge in [0.1, 0.15) is 5.75 Å². The molecule has 7 heteroatoms. The van der Waals surface area contributed by atoms with Gasteiger partial charge in [-0.15, -0.1) is 0 Å². The van der Waals surface area contributed by atoms with Gasteiger partial charge in [-0.05, 0) is 41.8 Å². The van der Waals surface area contributed by atoms with Crippen molar-refractivity contribution in [3.8, 4) is 17.2 Å². The number of carbonyl (C=O) groups is 1. The van der Waals surface area contributed by atoms with Gasteiger partial charge in [-0.3, -0.25) is 4.90 Å². The third-order valence-corrected chi connectivity index (χ3v) is 6.43. The molecule has 32 heavy (non-hydrogen) atoms. The number of nitrogens with zero attached hydrogens (tertiary/aromatic N) is 2. The summed E-state index contributed by atoms with van der Waals surface area (Å²) < 4.78 is 17.1. The Kier molecular flexibility index (Phi) is 6.08. The largest absolute Gasteiger partial charge is 0.493 e. The fourth-order valence-electron chi connectivity index (χ4n) is 4.51. The first kappa shape index (κ1) is 20.9. The molecule has 2 amide bonds. The second kappa shape index (κ2) is 9.28. The summed E-state index contributed by atoms with van der Waals surface area (Å²) in [7, 11) is 0. The highest BCUT2D eigenvalue weighted by Gasteiger charge is 2.23. The number of urea groups is 1. The molecule has 2 aromatic carbocycles. The summed E-state index contributed by atoms with van der Waals surface area (Å²) in [4.78, 5) is 17.2. The predicted molar refractivity (Wildman–Crippen MR) is 121 cm³/mol. The zero-order valence-corrected chi connectivity index (χ0v) is 18.6. The molecule has 1 fully saturated rings. The quantitative estimate of drug-likeness (QED) is 0.795. The van der Waals surface area contributed by atoms with Gasteiger partial charge in [0, 0.05) is 45.6 Å². The number of piperazine rings is 1. The molecule has 0 spiro atoms. The molecule has 0 radical (unpaired) electrons. The number of fused-ring (bicyclic) bond motifs is 2. The highest BCUT2D eigenvalue weighted by molar-refractivity contribution is 5.75. The topological polar surface area (TPSA) is 63.3 Å². The summed E-state index contributed by atoms with van der Waals surface area (Å²) in [6.45, 7) is 8.24. The Morgan fingerprint density at radius 2 is 1.69 bits per heavy atom. The van der Waals surface area contributed by atoms with Crippen molar-refractivity contribution in [1.29, 1.82) is 0 Å². The Morgan fingerprint density at radius 1 is 0.938 bits per heavy atom. The summed E-state index contributed by atoms with van der Waals surface area (Å²) in [5, 5.41) is 3.14. The molecular formula is C25H31N3O4. The van der Waals surface area contributed by atoms with Crippen molar-refractivity contribution in [3.05, 3.63) is 53.1 Å². The van der Waals surface area contributed by atoms with Crippen LogP contribution in [0.2, 0.25) is 0 Å². The van der Waals surface area contributed by atoms with Crippen LogP contribution in [0, 0.1) is 0 Å². The van der Waals surface area contributed by atoms with Crippen LogP contribution >= 0.6 is 0 Å². The summed E-state index contributed by atoms with van der Waals surface area (Å²) in [5.41, 5.74) is 3.64. The second-order valence-electron chi connectivity index (χ2n) is 8.73. The number of amides is 2. The Hall–Kier alpha value is -2.93. The average molecular weight is 438 g/mol. The molecule has 0 bridgehead atoms. The van der Waals surface area contributed by atoms with Crippen molar-refractivity contribution in [1.82, 2.24) is 15.1 Å². The van der Waals surface area contributed by atoms with Crippen molar-refractivity contribution >= 4 is 6.03 Å². The monoisotopic (exact) mass is 437 g/mol. The van der Waals surface area contributed by atoms with E-state index >= 15 is 0 Å². The highest BCUT2D eigenvalue weighted by Crippen LogP contribution is 2.32. The van der Waals surface area contributed by atoms with Gasteiger partial charge in [-0.25, -0.2) is 4.79 Å². The van der Waals surface area contributed by atoms with Crippen molar-refractivity contribution in [2.45, 2.75) is 32.4 Å². The van der Waals surface area contributed by atoms with E-state index in [9.17, 15) is 4.79 Å². The highest BCUT2D eigenvalue weighted by atomic mass is 16.5. The van der Waals surface area contributed by atoms with Crippen LogP contribution in [0.15, 0.2) is 36.4 Å². The zero-order chi connectivity index (χ0) is 21.9. The Morgan fingerprint density at radius 3 is 2.53 bits per heavy atom. The van der Waals surface area contributed by atoms with E-state index in [4.69, 9.17) is 14.2 Å². The van der Waals surface area contributed by atoms with Crippen LogP contribution in [-0.4, -0.2) is 61.8 Å². The first-order valence-corrected chi connectivity index (χ1v) is 11.6. The van der Waals surface area contributed by atoms with Crippen LogP contribution in [0.5, 0.6) is 17.2 Å². The molecule has 170 valence electrons. The maximum absolute atomic E-state index is 12.8. The molecular weight excluding hydrogens is 406 g/mol. The molecule has 5 rings (SSSR count). The second-order valence-corrected chi connectivity index (χ2v) is 8.73. The third-order valence-electron chi connectivity index (χ3n) is 6.43. The number of rotatable bonds is 4. The van der Waals surface area contributed by atoms with Gasteiger partial charge in [0.2, 0.25) is 0 Å². The molecule has 0 saturated carbocycles. The van der Waals surface area contributed by atoms with E-state index in [1.807, 2.05) is 30.0 Å². The number of benzene rings is 2. The van der Waals surface area contributed by atoms with Crippen molar-refractivity contribution in [2.24, 2.45) is 0 Å². The third kappa shape index (κ3) is 4.63. The van der Waals surface area contributed by atoms with Gasteiger partial charge >= 0.3 is 6.03 Å². The van der Waals surface area contributed by atoms with Crippen molar-refractivity contribution < 1.29 is 19.0 Å². The molecule has 2 aromatic rings. The van der Waals surface area contributed by atoms with E-state index in [1.54, 1.807) is 0 Å². The minimum atomic E-state index is -0.105. The summed E-state index contributed by atoms with van der Waals surface area (Å²) >= 11 is 0. The molecule has 1 unspecified atom stereocenters. The normalized spacial score (nSPS) is 19.0. The minimum absolute atomic E-state index is 0.0149. The standard InChI is InChI=1S/C25H31N3O4/c1-18(20-4-6-23-24(16-20)31-13-2-12-30-23)26-25(29)28-10-8-27(9-11-28)17-19-3-5-22-21(15-19)7-14-32-22/h3-6,15-16,18H,2,7-14,17H2,1H3,(H,26,29). The van der Waals surface area contributed by atoms with Crippen LogP contribution in [0.1, 0.15) is 36.1 Å². The smallest absolute Gasteiger partial charge is 0.317 e. The average Bonchev–Trinajstić information content (AvgIpc) is 3.15. The first-order chi connectivity index (χ1) is 15.7. The summed E-state index contributed by atoms with van der Waals surface area (Å²) in [6, 6.07) is 12.3. The lowest BCUT2D eigenvalue weighted by Crippen LogP contribution is -2.51. The number of hydrogen-bond donors (Lipinski definition) is 1. The van der Waals surface area contributed by atoms with Gasteiger partial charge in [-0.2, -0.15) is 0 Å². The fourth-order valence-corrected chi connectivity index (χ4v) is 4.51. The maximum atomic E-state index is 12.8. The zero-order valence-electron chi connectivity index (χ0n) is 18.6. The number of nitrogens with one attached hydrogen (secondary N) is 1. The fraction of sp³-hybridized carbons (Fsp3) is 0.480. The molecule has 7 nitrogen and oxygen atoms in total. The Labute approximate surface area is 189 Å². The van der Waals surface area contributed by atoms with E-state index < -0.39 is 0 Å². The number of hydrogen-bond acceptors (Lipinski definition) is 5. The van der Waals surface area contributed by atoms with Gasteiger partial charge in [-0.1, -0.05) is 18.2 Å². The van der Waals surface area contributed by atoms with Crippen molar-refractivity contribution in [3.63, 3.8) is 0 Å². The van der Waals surface area contributed by atoms with Crippen LogP contribution in [-0.2, 0) is 13.0 Å². The lowest BCUT2D eigenvalue weighted by atomic mass is 10.1. The summed E-state index contributed by atoms with van der Waals surface area (Å²) in [6.07, 6.45) is 1.88. The predicted octanol–water partition coefficient (Wildman–Crippen LogP) is 3.37. The van der Waals surface area contributed by atoms with E-state index in [0.717, 1.165) is 75.0 Å². The summed E-state index contributed by atoms with van der Waals surface area (Å²) in [5.74, 6) is 2.56. The molecule has 0 aromatic heterocycles. The lowest BCUT2D eigenvalue weighted by Gasteiger charge is -2.35. The van der Waals surface area contributed by atoms with E-state index in [2.05, 4.69) is 28.4 Å². The molecule has 1 saturated heterocycles. The maximum Gasteiger partial charge on any atom is 0.317 e. The first-order valence-electron chi connectivity index (χ1n) is 11.6. The SMILES string of the molecule is CC(NC(=O)N1CCN(Cc2ccc3c(c2)CCO3)CC1)c1ccc2c(c1)OCCCO2. The van der Waals surface area contributed by atoms with Crippen LogP contribution < -0.4 is 19.5 Å². The molecule has 0 aliphatic carbocycles. The van der Waals surface area contributed by atoms with Gasteiger partial charge in [0.05, 0.1) is 25.9 Å². The van der Waals surface area contributed by atoms with Gasteiger partial charge in [0.15, 0.2) is 11.5 Å². The van der Waals surface area contributed by atoms with Crippen LogP contribution in [0.4, 0.5) is 4.79 Å². The van der Waals surface area contributed by atoms with Crippen LogP contribution in [0.3, 0.4) is 0 Å². The Balaban J connectivity index is 1.12. The van der Waals surface area contributed by atoms with Gasteiger partial charge in [0.25, 0.3) is 0 Å². The number of carbonyl (C=O) groups excluding carboxylic acids is 1. The minimum Gasteiger partial charge on any atom is -0.493 e.